The van der Waals surface area contributed by atoms with Gasteiger partial charge >= 0.3 is 0 Å². The molecule has 154 valence electrons. The molecule has 29 heavy (non-hydrogen) atoms. The molecule has 0 bridgehead atoms. The van der Waals surface area contributed by atoms with E-state index in [1.807, 2.05) is 0 Å². The fourth-order valence-electron chi connectivity index (χ4n) is 2.80. The van der Waals surface area contributed by atoms with E-state index in [2.05, 4.69) is 5.32 Å². The highest BCUT2D eigenvalue weighted by Crippen LogP contribution is 2.25. The zero-order valence-electron chi connectivity index (χ0n) is 16.3. The van der Waals surface area contributed by atoms with Crippen LogP contribution in [0.2, 0.25) is 5.02 Å². The Kier molecular flexibility index (Phi) is 7.55. The minimum atomic E-state index is -0.520. The van der Waals surface area contributed by atoms with E-state index in [0.717, 1.165) is 5.56 Å². The molecule has 0 aromatic heterocycles. The highest BCUT2D eigenvalue weighted by atomic mass is 35.5. The smallest absolute Gasteiger partial charge is 0.269 e. The van der Waals surface area contributed by atoms with Crippen molar-refractivity contribution < 1.29 is 19.2 Å². The molecule has 0 saturated heterocycles. The minimum Gasteiger partial charge on any atom is -0.497 e. The zero-order chi connectivity index (χ0) is 21.6. The van der Waals surface area contributed by atoms with Crippen LogP contribution >= 0.6 is 11.6 Å². The number of nitro benzene ring substituents is 1. The van der Waals surface area contributed by atoms with E-state index in [9.17, 15) is 19.7 Å². The number of nitrogens with zero attached hydrogens (tertiary/aromatic N) is 2. The average molecular weight is 420 g/mol. The third kappa shape index (κ3) is 6.18. The molecule has 0 radical (unpaired) electrons. The number of methoxy groups -OCH3 is 1. The van der Waals surface area contributed by atoms with Crippen molar-refractivity contribution in [2.45, 2.75) is 25.9 Å². The Hall–Kier alpha value is -3.13. The number of nitro groups is 1. The monoisotopic (exact) mass is 419 g/mol. The summed E-state index contributed by atoms with van der Waals surface area (Å²) in [7, 11) is 3.13. The Morgan fingerprint density at radius 3 is 2.45 bits per heavy atom. The number of carbonyl (C=O) groups excluding carboxylic acids is 2. The Bertz CT molecular complexity index is 901. The van der Waals surface area contributed by atoms with Crippen molar-refractivity contribution in [2.24, 2.45) is 0 Å². The van der Waals surface area contributed by atoms with Crippen LogP contribution in [-0.2, 0) is 16.1 Å². The van der Waals surface area contributed by atoms with Gasteiger partial charge in [-0.25, -0.2) is 0 Å². The summed E-state index contributed by atoms with van der Waals surface area (Å²) in [6.45, 7) is 1.49. The number of nitrogens with one attached hydrogen (secondary N) is 1. The third-order valence-electron chi connectivity index (χ3n) is 4.35. The molecule has 1 N–H and O–H groups in total. The summed E-state index contributed by atoms with van der Waals surface area (Å²) in [5.41, 5.74) is 1.13. The lowest BCUT2D eigenvalue weighted by Crippen LogP contribution is -2.33. The lowest BCUT2D eigenvalue weighted by Gasteiger charge is -2.23. The summed E-state index contributed by atoms with van der Waals surface area (Å²) >= 11 is 6.12. The minimum absolute atomic E-state index is 0.0228. The molecule has 2 aromatic rings. The second-order valence-corrected chi connectivity index (χ2v) is 6.92. The molecule has 9 heteroatoms. The molecule has 0 saturated carbocycles. The predicted octanol–water partition coefficient (Wildman–Crippen LogP) is 3.48. The van der Waals surface area contributed by atoms with Gasteiger partial charge in [-0.05, 0) is 29.3 Å². The van der Waals surface area contributed by atoms with Crippen LogP contribution in [-0.4, -0.2) is 35.8 Å². The topological polar surface area (TPSA) is 102 Å². The fraction of sp³-hybridized carbons (Fsp3) is 0.300. The summed E-state index contributed by atoms with van der Waals surface area (Å²) < 4.78 is 5.13. The van der Waals surface area contributed by atoms with Crippen molar-refractivity contribution in [3.63, 3.8) is 0 Å². The van der Waals surface area contributed by atoms with Gasteiger partial charge in [0.05, 0.1) is 24.5 Å². The first-order valence-electron chi connectivity index (χ1n) is 8.79. The second-order valence-electron chi connectivity index (χ2n) is 6.51. The molecule has 2 aromatic carbocycles. The number of rotatable bonds is 8. The van der Waals surface area contributed by atoms with Gasteiger partial charge in [0.1, 0.15) is 5.75 Å². The van der Waals surface area contributed by atoms with Crippen molar-refractivity contribution in [3.05, 3.63) is 68.7 Å². The maximum absolute atomic E-state index is 12.7. The highest BCUT2D eigenvalue weighted by molar-refractivity contribution is 6.31. The standard InChI is InChI=1S/C20H22ClN3O5/c1-13(25)22-19(14-4-7-17(29-3)8-5-14)11-20(26)23(2)12-15-10-16(24(27)28)6-9-18(15)21/h4-10,19H,11-12H2,1-3H3,(H,22,25)/t19-/m1/s1. The first-order valence-corrected chi connectivity index (χ1v) is 9.17. The van der Waals surface area contributed by atoms with E-state index in [1.54, 1.807) is 38.4 Å². The largest absolute Gasteiger partial charge is 0.497 e. The average Bonchev–Trinajstić information content (AvgIpc) is 2.68. The quantitative estimate of drug-likeness (QED) is 0.521. The predicted molar refractivity (Wildman–Crippen MR) is 109 cm³/mol. The number of hydrogen-bond acceptors (Lipinski definition) is 5. The van der Waals surface area contributed by atoms with Gasteiger partial charge in [0.15, 0.2) is 0 Å². The molecular formula is C20H22ClN3O5. The Morgan fingerprint density at radius 2 is 1.90 bits per heavy atom. The van der Waals surface area contributed by atoms with Crippen LogP contribution in [0.15, 0.2) is 42.5 Å². The summed E-state index contributed by atoms with van der Waals surface area (Å²) in [6.07, 6.45) is 0.0228. The lowest BCUT2D eigenvalue weighted by molar-refractivity contribution is -0.384. The number of non-ortho nitro benzene ring substituents is 1. The van der Waals surface area contributed by atoms with E-state index >= 15 is 0 Å². The number of ether oxygens (including phenoxy) is 1. The van der Waals surface area contributed by atoms with Crippen molar-refractivity contribution >= 4 is 29.1 Å². The molecule has 0 heterocycles. The molecule has 0 spiro atoms. The molecule has 2 rings (SSSR count). The molecule has 0 aliphatic rings. The Labute approximate surface area is 173 Å². The van der Waals surface area contributed by atoms with Crippen molar-refractivity contribution in [3.8, 4) is 5.75 Å². The lowest BCUT2D eigenvalue weighted by atomic mass is 10.0. The van der Waals surface area contributed by atoms with Gasteiger partial charge in [0.2, 0.25) is 11.8 Å². The molecular weight excluding hydrogens is 398 g/mol. The molecule has 2 amide bonds. The van der Waals surface area contributed by atoms with Crippen LogP contribution in [0.25, 0.3) is 0 Å². The highest BCUT2D eigenvalue weighted by Gasteiger charge is 2.21. The SMILES string of the molecule is COc1ccc([C@@H](CC(=O)N(C)Cc2cc([N+](=O)[O-])ccc2Cl)NC(C)=O)cc1. The van der Waals surface area contributed by atoms with E-state index in [0.29, 0.717) is 16.3 Å². The number of benzene rings is 2. The van der Waals surface area contributed by atoms with E-state index < -0.39 is 11.0 Å². The zero-order valence-corrected chi connectivity index (χ0v) is 17.1. The first-order chi connectivity index (χ1) is 13.7. The van der Waals surface area contributed by atoms with Crippen LogP contribution in [0.4, 0.5) is 5.69 Å². The van der Waals surface area contributed by atoms with Crippen molar-refractivity contribution in [1.29, 1.82) is 0 Å². The summed E-state index contributed by atoms with van der Waals surface area (Å²) in [6, 6.07) is 10.6. The molecule has 8 nitrogen and oxygen atoms in total. The molecule has 1 atom stereocenters. The molecule has 0 aliphatic heterocycles. The van der Waals surface area contributed by atoms with Gasteiger partial charge < -0.3 is 15.0 Å². The van der Waals surface area contributed by atoms with Gasteiger partial charge in [-0.3, -0.25) is 19.7 Å². The number of amides is 2. The molecule has 0 unspecified atom stereocenters. The number of halogens is 1. The normalized spacial score (nSPS) is 11.4. The van der Waals surface area contributed by atoms with Gasteiger partial charge in [-0.1, -0.05) is 23.7 Å². The summed E-state index contributed by atoms with van der Waals surface area (Å²) in [5, 5.41) is 14.1. The Morgan fingerprint density at radius 1 is 1.24 bits per heavy atom. The van der Waals surface area contributed by atoms with Crippen LogP contribution < -0.4 is 10.1 Å². The maximum Gasteiger partial charge on any atom is 0.269 e. The second kappa shape index (κ2) is 9.88. The summed E-state index contributed by atoms with van der Waals surface area (Å²) in [5.74, 6) is 0.157. The van der Waals surface area contributed by atoms with E-state index in [1.165, 1.54) is 30.0 Å². The van der Waals surface area contributed by atoms with Crippen LogP contribution in [0.5, 0.6) is 5.75 Å². The first kappa shape index (κ1) is 22.2. The molecule has 0 fully saturated rings. The van der Waals surface area contributed by atoms with Gasteiger partial charge in [0.25, 0.3) is 5.69 Å². The molecule has 0 aliphatic carbocycles. The van der Waals surface area contributed by atoms with Gasteiger partial charge in [-0.15, -0.1) is 0 Å². The number of hydrogen-bond donors (Lipinski definition) is 1. The van der Waals surface area contributed by atoms with Crippen LogP contribution in [0.1, 0.15) is 30.5 Å². The van der Waals surface area contributed by atoms with Gasteiger partial charge in [-0.2, -0.15) is 0 Å². The van der Waals surface area contributed by atoms with E-state index in [4.69, 9.17) is 16.3 Å². The fourth-order valence-corrected chi connectivity index (χ4v) is 2.98. The van der Waals surface area contributed by atoms with Crippen LogP contribution in [0, 0.1) is 10.1 Å². The van der Waals surface area contributed by atoms with Gasteiger partial charge in [0, 0.05) is 37.7 Å². The number of carbonyl (C=O) groups is 2. The van der Waals surface area contributed by atoms with Crippen molar-refractivity contribution in [2.75, 3.05) is 14.2 Å². The van der Waals surface area contributed by atoms with E-state index in [-0.39, 0.29) is 30.5 Å². The Balaban J connectivity index is 2.14. The summed E-state index contributed by atoms with van der Waals surface area (Å²) in [4.78, 5) is 36.2. The van der Waals surface area contributed by atoms with Crippen molar-refractivity contribution in [1.82, 2.24) is 10.2 Å². The third-order valence-corrected chi connectivity index (χ3v) is 4.72. The maximum atomic E-state index is 12.7. The van der Waals surface area contributed by atoms with Crippen LogP contribution in [0.3, 0.4) is 0 Å².